The zero-order chi connectivity index (χ0) is 15.9. The van der Waals surface area contributed by atoms with E-state index in [0.717, 1.165) is 0 Å². The Morgan fingerprint density at radius 1 is 0.571 bits per heavy atom. The van der Waals surface area contributed by atoms with Gasteiger partial charge >= 0.3 is 37.7 Å². The fourth-order valence-corrected chi connectivity index (χ4v) is 2.81. The van der Waals surface area contributed by atoms with Gasteiger partial charge in [-0.3, -0.25) is 12.2 Å². The smallest absolute Gasteiger partial charge is 0.263 e. The Hall–Kier alpha value is 0.220. The molecule has 1 heteroatoms. The summed E-state index contributed by atoms with van der Waals surface area (Å²) in [6, 6.07) is 0. The van der Waals surface area contributed by atoms with E-state index < -0.39 is 0 Å². The molecule has 112 valence electrons. The normalized spacial score (nSPS) is 22.4. The van der Waals surface area contributed by atoms with Crippen molar-refractivity contribution in [3.8, 4) is 0 Å². The predicted octanol–water partition coefficient (Wildman–Crippen LogP) is 5.84. The first-order valence-corrected chi connectivity index (χ1v) is 7.50. The van der Waals surface area contributed by atoms with Crippen LogP contribution >= 0.6 is 0 Å². The standard InChI is InChI=1S/2C10H15.Ca/c2*1-7-6-10(4,5)9(3)8(7)2;/h2*1-5H3;/q2*-1;+2. The second kappa shape index (κ2) is 7.19. The second-order valence-corrected chi connectivity index (χ2v) is 7.25. The van der Waals surface area contributed by atoms with Gasteiger partial charge in [0.05, 0.1) is 0 Å². The SMILES string of the molecule is CC1=[C-]C(C)(C)C(C)=C1C.CC1=[C-]C(C)(C)C(C)=C1C.[Ca+2]. The summed E-state index contributed by atoms with van der Waals surface area (Å²) in [5, 5.41) is 0. The summed E-state index contributed by atoms with van der Waals surface area (Å²) in [6.07, 6.45) is 6.87. The van der Waals surface area contributed by atoms with Crippen LogP contribution in [0.5, 0.6) is 0 Å². The maximum Gasteiger partial charge on any atom is 2.00 e. The van der Waals surface area contributed by atoms with Crippen molar-refractivity contribution in [3.05, 3.63) is 45.6 Å². The zero-order valence-electron chi connectivity index (χ0n) is 15.7. The van der Waals surface area contributed by atoms with Crippen molar-refractivity contribution >= 4 is 37.7 Å². The summed E-state index contributed by atoms with van der Waals surface area (Å²) >= 11 is 0. The molecule has 0 nitrogen and oxygen atoms in total. The molecule has 0 fully saturated rings. The van der Waals surface area contributed by atoms with Gasteiger partial charge in [-0.1, -0.05) is 66.2 Å². The van der Waals surface area contributed by atoms with Gasteiger partial charge in [-0.25, -0.2) is 11.1 Å². The molecule has 0 saturated heterocycles. The van der Waals surface area contributed by atoms with E-state index in [1.54, 1.807) is 0 Å². The van der Waals surface area contributed by atoms with Gasteiger partial charge in [0.1, 0.15) is 0 Å². The molecule has 0 unspecified atom stereocenters. The minimum Gasteiger partial charge on any atom is -0.263 e. The fraction of sp³-hybridized carbons (Fsp3) is 0.600. The summed E-state index contributed by atoms with van der Waals surface area (Å²) in [6.45, 7) is 21.8. The predicted molar refractivity (Wildman–Crippen MR) is 94.9 cm³/mol. The summed E-state index contributed by atoms with van der Waals surface area (Å²) in [4.78, 5) is 0. The summed E-state index contributed by atoms with van der Waals surface area (Å²) in [7, 11) is 0. The molecule has 2 aliphatic rings. The molecule has 0 aromatic rings. The Bertz CT molecular complexity index is 484. The van der Waals surface area contributed by atoms with Gasteiger partial charge in [-0.15, -0.1) is 13.8 Å². The monoisotopic (exact) mass is 310 g/mol. The van der Waals surface area contributed by atoms with Crippen molar-refractivity contribution in [2.75, 3.05) is 0 Å². The molecule has 0 aliphatic heterocycles. The van der Waals surface area contributed by atoms with Crippen LogP contribution < -0.4 is 0 Å². The van der Waals surface area contributed by atoms with Crippen LogP contribution in [0.2, 0.25) is 0 Å². The van der Waals surface area contributed by atoms with E-state index in [4.69, 9.17) is 0 Å². The molecule has 0 aromatic carbocycles. The van der Waals surface area contributed by atoms with Gasteiger partial charge in [0, 0.05) is 0 Å². The van der Waals surface area contributed by atoms with Crippen LogP contribution in [0.25, 0.3) is 0 Å². The maximum atomic E-state index is 3.44. The van der Waals surface area contributed by atoms with Crippen molar-refractivity contribution in [2.45, 2.75) is 69.2 Å². The minimum absolute atomic E-state index is 0. The van der Waals surface area contributed by atoms with E-state index in [1.807, 2.05) is 0 Å². The third-order valence-corrected chi connectivity index (χ3v) is 5.12. The molecule has 21 heavy (non-hydrogen) atoms. The molecule has 0 spiro atoms. The third-order valence-electron chi connectivity index (χ3n) is 5.12. The molecule has 0 N–H and O–H groups in total. The van der Waals surface area contributed by atoms with E-state index in [2.05, 4.69) is 81.4 Å². The van der Waals surface area contributed by atoms with Crippen LogP contribution in [0.1, 0.15) is 69.2 Å². The minimum atomic E-state index is 0. The maximum absolute atomic E-state index is 3.44. The van der Waals surface area contributed by atoms with Gasteiger partial charge < -0.3 is 0 Å². The largest absolute Gasteiger partial charge is 2.00 e. The molecule has 0 aromatic heterocycles. The molecular formula is C20H30Ca. The molecular weight excluding hydrogens is 280 g/mol. The number of hydrogen-bond acceptors (Lipinski definition) is 0. The van der Waals surface area contributed by atoms with Crippen molar-refractivity contribution in [1.29, 1.82) is 0 Å². The summed E-state index contributed by atoms with van der Waals surface area (Å²) in [5.74, 6) is 0. The van der Waals surface area contributed by atoms with Gasteiger partial charge in [-0.2, -0.15) is 22.3 Å². The van der Waals surface area contributed by atoms with Crippen LogP contribution in [-0.2, 0) is 0 Å². The average molecular weight is 311 g/mol. The first kappa shape index (κ1) is 21.2. The molecule has 2 rings (SSSR count). The first-order chi connectivity index (χ1) is 8.90. The molecule has 0 radical (unpaired) electrons. The fourth-order valence-electron chi connectivity index (χ4n) is 2.81. The van der Waals surface area contributed by atoms with Crippen LogP contribution in [0.4, 0.5) is 0 Å². The van der Waals surface area contributed by atoms with E-state index >= 15 is 0 Å². The van der Waals surface area contributed by atoms with Gasteiger partial charge in [0.15, 0.2) is 0 Å². The van der Waals surface area contributed by atoms with Gasteiger partial charge in [0.25, 0.3) is 0 Å². The number of hydrogen-bond donors (Lipinski definition) is 0. The van der Waals surface area contributed by atoms with Crippen molar-refractivity contribution in [1.82, 2.24) is 0 Å². The molecule has 2 aliphatic carbocycles. The Morgan fingerprint density at radius 3 is 0.857 bits per heavy atom. The Kier molecular flexibility index (Phi) is 7.27. The first-order valence-electron chi connectivity index (χ1n) is 7.50. The van der Waals surface area contributed by atoms with Gasteiger partial charge in [-0.05, 0) is 0 Å². The molecule has 0 bridgehead atoms. The van der Waals surface area contributed by atoms with Crippen LogP contribution in [0.3, 0.4) is 0 Å². The van der Waals surface area contributed by atoms with E-state index in [9.17, 15) is 0 Å². The molecule has 0 amide bonds. The number of rotatable bonds is 0. The van der Waals surface area contributed by atoms with E-state index in [1.165, 1.54) is 33.4 Å². The van der Waals surface area contributed by atoms with Crippen LogP contribution in [0.15, 0.2) is 33.4 Å². The Labute approximate surface area is 162 Å². The second-order valence-electron chi connectivity index (χ2n) is 7.25. The number of allylic oxidation sites excluding steroid dienone is 8. The van der Waals surface area contributed by atoms with Crippen LogP contribution in [-0.4, -0.2) is 37.7 Å². The van der Waals surface area contributed by atoms with E-state index in [-0.39, 0.29) is 48.6 Å². The van der Waals surface area contributed by atoms with Crippen LogP contribution in [0, 0.1) is 23.0 Å². The molecule has 0 heterocycles. The zero-order valence-corrected chi connectivity index (χ0v) is 17.9. The van der Waals surface area contributed by atoms with Crippen molar-refractivity contribution in [3.63, 3.8) is 0 Å². The Balaban J connectivity index is 0.000000364. The third kappa shape index (κ3) is 4.59. The van der Waals surface area contributed by atoms with Crippen molar-refractivity contribution in [2.24, 2.45) is 10.8 Å². The van der Waals surface area contributed by atoms with Crippen molar-refractivity contribution < 1.29 is 0 Å². The summed E-state index contributed by atoms with van der Waals surface area (Å²) in [5.41, 5.74) is 8.79. The topological polar surface area (TPSA) is 0 Å². The summed E-state index contributed by atoms with van der Waals surface area (Å²) < 4.78 is 0. The molecule has 0 atom stereocenters. The quantitative estimate of drug-likeness (QED) is 0.389. The van der Waals surface area contributed by atoms with Gasteiger partial charge in [0.2, 0.25) is 0 Å². The Morgan fingerprint density at radius 2 is 0.810 bits per heavy atom. The molecule has 0 saturated carbocycles. The van der Waals surface area contributed by atoms with E-state index in [0.29, 0.717) is 0 Å². The average Bonchev–Trinajstić information content (AvgIpc) is 2.60.